The monoisotopic (exact) mass is 294 g/mol. The number of nitrogens with two attached hydrogens (primary N) is 1. The molecule has 0 aliphatic heterocycles. The molecule has 0 heterocycles. The molecule has 116 valence electrons. The summed E-state index contributed by atoms with van der Waals surface area (Å²) in [7, 11) is 1.47. The quantitative estimate of drug-likeness (QED) is 0.759. The van der Waals surface area contributed by atoms with Gasteiger partial charge in [0.15, 0.2) is 18.1 Å². The average molecular weight is 294 g/mol. The van der Waals surface area contributed by atoms with Gasteiger partial charge in [-0.25, -0.2) is 0 Å². The Bertz CT molecular complexity index is 498. The standard InChI is InChI=1S/C15H22N2O4/c1-4-11(5-2)17-15(19)10-6-7-12(13(8-10)20-3)21-9-14(16)18/h6-8,11H,4-5,9H2,1-3H3,(H2,16,18)(H,17,19). The first-order valence-electron chi connectivity index (χ1n) is 6.91. The third kappa shape index (κ3) is 4.98. The number of methoxy groups -OCH3 is 1. The predicted molar refractivity (Wildman–Crippen MR) is 79.5 cm³/mol. The van der Waals surface area contributed by atoms with Crippen LogP contribution in [-0.4, -0.2) is 31.6 Å². The third-order valence-corrected chi connectivity index (χ3v) is 3.12. The molecule has 6 heteroatoms. The second-order valence-corrected chi connectivity index (χ2v) is 4.61. The molecule has 0 spiro atoms. The molecule has 0 saturated heterocycles. The fourth-order valence-electron chi connectivity index (χ4n) is 1.84. The summed E-state index contributed by atoms with van der Waals surface area (Å²) < 4.78 is 10.4. The number of primary amides is 1. The maximum atomic E-state index is 12.1. The molecule has 0 atom stereocenters. The van der Waals surface area contributed by atoms with E-state index in [1.54, 1.807) is 18.2 Å². The van der Waals surface area contributed by atoms with Crippen molar-refractivity contribution in [3.8, 4) is 11.5 Å². The highest BCUT2D eigenvalue weighted by Crippen LogP contribution is 2.28. The van der Waals surface area contributed by atoms with Crippen molar-refractivity contribution < 1.29 is 19.1 Å². The number of carbonyl (C=O) groups excluding carboxylic acids is 2. The van der Waals surface area contributed by atoms with Crippen LogP contribution in [0.4, 0.5) is 0 Å². The highest BCUT2D eigenvalue weighted by molar-refractivity contribution is 5.95. The first-order chi connectivity index (χ1) is 10.0. The first-order valence-corrected chi connectivity index (χ1v) is 6.91. The van der Waals surface area contributed by atoms with Crippen molar-refractivity contribution in [3.05, 3.63) is 23.8 Å². The number of rotatable bonds is 8. The maximum absolute atomic E-state index is 12.1. The summed E-state index contributed by atoms with van der Waals surface area (Å²) in [5.41, 5.74) is 5.50. The second-order valence-electron chi connectivity index (χ2n) is 4.61. The zero-order valence-corrected chi connectivity index (χ0v) is 12.6. The van der Waals surface area contributed by atoms with Crippen molar-refractivity contribution >= 4 is 11.8 Å². The number of carbonyl (C=O) groups is 2. The Morgan fingerprint density at radius 1 is 1.24 bits per heavy atom. The minimum absolute atomic E-state index is 0.147. The Morgan fingerprint density at radius 3 is 2.43 bits per heavy atom. The lowest BCUT2D eigenvalue weighted by Gasteiger charge is -2.16. The zero-order chi connectivity index (χ0) is 15.8. The number of hydrogen-bond acceptors (Lipinski definition) is 4. The van der Waals surface area contributed by atoms with Gasteiger partial charge in [-0.2, -0.15) is 0 Å². The van der Waals surface area contributed by atoms with E-state index in [-0.39, 0.29) is 18.6 Å². The lowest BCUT2D eigenvalue weighted by molar-refractivity contribution is -0.119. The Labute approximate surface area is 124 Å². The van der Waals surface area contributed by atoms with Crippen LogP contribution < -0.4 is 20.5 Å². The van der Waals surface area contributed by atoms with Gasteiger partial charge in [0.1, 0.15) is 0 Å². The summed E-state index contributed by atoms with van der Waals surface area (Å²) in [6, 6.07) is 4.93. The van der Waals surface area contributed by atoms with Gasteiger partial charge in [0, 0.05) is 11.6 Å². The lowest BCUT2D eigenvalue weighted by Crippen LogP contribution is -2.33. The van der Waals surface area contributed by atoms with Crippen molar-refractivity contribution in [2.45, 2.75) is 32.7 Å². The van der Waals surface area contributed by atoms with E-state index < -0.39 is 5.91 Å². The molecule has 0 fully saturated rings. The Balaban J connectivity index is 2.85. The van der Waals surface area contributed by atoms with Crippen LogP contribution in [-0.2, 0) is 4.79 Å². The van der Waals surface area contributed by atoms with Gasteiger partial charge in [-0.3, -0.25) is 9.59 Å². The van der Waals surface area contributed by atoms with E-state index in [2.05, 4.69) is 5.32 Å². The van der Waals surface area contributed by atoms with Gasteiger partial charge in [0.05, 0.1) is 7.11 Å². The number of hydrogen-bond donors (Lipinski definition) is 2. The molecule has 0 unspecified atom stereocenters. The average Bonchev–Trinajstić information content (AvgIpc) is 2.49. The number of benzene rings is 1. The third-order valence-electron chi connectivity index (χ3n) is 3.12. The van der Waals surface area contributed by atoms with Gasteiger partial charge >= 0.3 is 0 Å². The first kappa shape index (κ1) is 16.8. The summed E-state index contributed by atoms with van der Waals surface area (Å²) in [4.78, 5) is 22.9. The maximum Gasteiger partial charge on any atom is 0.255 e. The summed E-state index contributed by atoms with van der Waals surface area (Å²) >= 11 is 0. The summed E-state index contributed by atoms with van der Waals surface area (Å²) in [6.45, 7) is 3.81. The van der Waals surface area contributed by atoms with Gasteiger partial charge < -0.3 is 20.5 Å². The van der Waals surface area contributed by atoms with E-state index in [1.165, 1.54) is 7.11 Å². The molecule has 3 N–H and O–H groups in total. The summed E-state index contributed by atoms with van der Waals surface area (Å²) in [6.07, 6.45) is 1.75. The predicted octanol–water partition coefficient (Wildman–Crippen LogP) is 1.48. The van der Waals surface area contributed by atoms with E-state index in [0.29, 0.717) is 17.1 Å². The van der Waals surface area contributed by atoms with Crippen molar-refractivity contribution in [1.82, 2.24) is 5.32 Å². The molecule has 2 amide bonds. The van der Waals surface area contributed by atoms with Gasteiger partial charge in [-0.1, -0.05) is 13.8 Å². The molecule has 0 aliphatic carbocycles. The summed E-state index contributed by atoms with van der Waals surface area (Å²) in [5.74, 6) is 0.0138. The van der Waals surface area contributed by atoms with Crippen LogP contribution in [0, 0.1) is 0 Å². The van der Waals surface area contributed by atoms with E-state index in [9.17, 15) is 9.59 Å². The molecule has 1 rings (SSSR count). The fraction of sp³-hybridized carbons (Fsp3) is 0.467. The normalized spacial score (nSPS) is 10.3. The smallest absolute Gasteiger partial charge is 0.255 e. The molecule has 0 radical (unpaired) electrons. The van der Waals surface area contributed by atoms with E-state index >= 15 is 0 Å². The van der Waals surface area contributed by atoms with Crippen molar-refractivity contribution in [2.75, 3.05) is 13.7 Å². The number of amides is 2. The zero-order valence-electron chi connectivity index (χ0n) is 12.6. The fourth-order valence-corrected chi connectivity index (χ4v) is 1.84. The Kier molecular flexibility index (Phi) is 6.52. The molecule has 1 aromatic rings. The van der Waals surface area contributed by atoms with Crippen LogP contribution in [0.3, 0.4) is 0 Å². The highest BCUT2D eigenvalue weighted by Gasteiger charge is 2.14. The van der Waals surface area contributed by atoms with Crippen LogP contribution in [0.5, 0.6) is 11.5 Å². The molecule has 6 nitrogen and oxygen atoms in total. The van der Waals surface area contributed by atoms with Gasteiger partial charge in [-0.15, -0.1) is 0 Å². The largest absolute Gasteiger partial charge is 0.493 e. The minimum atomic E-state index is -0.576. The number of nitrogens with one attached hydrogen (secondary N) is 1. The second kappa shape index (κ2) is 8.14. The van der Waals surface area contributed by atoms with Crippen LogP contribution in [0.2, 0.25) is 0 Å². The van der Waals surface area contributed by atoms with Crippen LogP contribution >= 0.6 is 0 Å². The molecule has 0 saturated carbocycles. The van der Waals surface area contributed by atoms with Crippen molar-refractivity contribution in [3.63, 3.8) is 0 Å². The SMILES string of the molecule is CCC(CC)NC(=O)c1ccc(OCC(N)=O)c(OC)c1. The van der Waals surface area contributed by atoms with E-state index in [0.717, 1.165) is 12.8 Å². The van der Waals surface area contributed by atoms with Gasteiger partial charge in [0.2, 0.25) is 0 Å². The molecule has 1 aromatic carbocycles. The molecule has 21 heavy (non-hydrogen) atoms. The number of ether oxygens (including phenoxy) is 2. The van der Waals surface area contributed by atoms with E-state index in [1.807, 2.05) is 13.8 Å². The van der Waals surface area contributed by atoms with Crippen molar-refractivity contribution in [2.24, 2.45) is 5.73 Å². The van der Waals surface area contributed by atoms with Crippen LogP contribution in [0.15, 0.2) is 18.2 Å². The molecule has 0 bridgehead atoms. The highest BCUT2D eigenvalue weighted by atomic mass is 16.5. The van der Waals surface area contributed by atoms with Crippen LogP contribution in [0.25, 0.3) is 0 Å². The minimum Gasteiger partial charge on any atom is -0.493 e. The van der Waals surface area contributed by atoms with Crippen LogP contribution in [0.1, 0.15) is 37.0 Å². The van der Waals surface area contributed by atoms with Gasteiger partial charge in [-0.05, 0) is 31.0 Å². The molecule has 0 aromatic heterocycles. The topological polar surface area (TPSA) is 90.6 Å². The van der Waals surface area contributed by atoms with E-state index in [4.69, 9.17) is 15.2 Å². The Morgan fingerprint density at radius 2 is 1.90 bits per heavy atom. The molecular weight excluding hydrogens is 272 g/mol. The summed E-state index contributed by atoms with van der Waals surface area (Å²) in [5, 5.41) is 2.94. The van der Waals surface area contributed by atoms with Crippen molar-refractivity contribution in [1.29, 1.82) is 0 Å². The lowest BCUT2D eigenvalue weighted by atomic mass is 10.1. The van der Waals surface area contributed by atoms with Gasteiger partial charge in [0.25, 0.3) is 11.8 Å². The molecular formula is C15H22N2O4. The Hall–Kier alpha value is -2.24. The molecule has 0 aliphatic rings.